The number of hydrogen-bond donors (Lipinski definition) is 0. The van der Waals surface area contributed by atoms with Crippen LogP contribution in [0, 0.1) is 0 Å². The fourth-order valence-electron chi connectivity index (χ4n) is 1.30. The summed E-state index contributed by atoms with van der Waals surface area (Å²) in [6.07, 6.45) is 10.2. The van der Waals surface area contributed by atoms with Gasteiger partial charge < -0.3 is 4.74 Å². The van der Waals surface area contributed by atoms with Gasteiger partial charge in [0.2, 0.25) is 0 Å². The monoisotopic (exact) mass is 206 g/mol. The summed E-state index contributed by atoms with van der Waals surface area (Å²) in [4.78, 5) is 0. The molecule has 0 N–H and O–H groups in total. The van der Waals surface area contributed by atoms with Crippen molar-refractivity contribution in [1.29, 1.82) is 0 Å². The zero-order valence-electron chi connectivity index (χ0n) is 10.3. The molecule has 0 atom stereocenters. The van der Waals surface area contributed by atoms with Gasteiger partial charge in [-0.05, 0) is 24.5 Å². The van der Waals surface area contributed by atoms with Crippen LogP contribution < -0.4 is 0 Å². The Bertz CT molecular complexity index is 276. The smallest absolute Gasteiger partial charge is 0.130 e. The Morgan fingerprint density at radius 1 is 1.20 bits per heavy atom. The average Bonchev–Trinajstić information content (AvgIpc) is 2.59. The predicted molar refractivity (Wildman–Crippen MR) is 66.7 cm³/mol. The van der Waals surface area contributed by atoms with Gasteiger partial charge in [0.15, 0.2) is 0 Å². The second-order valence-electron chi connectivity index (χ2n) is 2.68. The molecule has 15 heavy (non-hydrogen) atoms. The Morgan fingerprint density at radius 3 is 2.67 bits per heavy atom. The van der Waals surface area contributed by atoms with E-state index in [4.69, 9.17) is 4.74 Å². The van der Waals surface area contributed by atoms with E-state index < -0.39 is 0 Å². The lowest BCUT2D eigenvalue weighted by molar-refractivity contribution is 0.202. The fraction of sp³-hybridized carbons (Fsp3) is 0.500. The number of allylic oxidation sites excluding steroid dienone is 4. The molecule has 0 unspecified atom stereocenters. The van der Waals surface area contributed by atoms with Crippen LogP contribution in [0.15, 0.2) is 41.4 Å². The quantitative estimate of drug-likeness (QED) is 0.534. The zero-order chi connectivity index (χ0) is 11.5. The Balaban J connectivity index is 0.000000442. The van der Waals surface area contributed by atoms with E-state index in [-0.39, 0.29) is 0 Å². The Labute approximate surface area is 93.8 Å². The van der Waals surface area contributed by atoms with E-state index in [1.165, 1.54) is 5.57 Å². The van der Waals surface area contributed by atoms with Crippen LogP contribution in [0.2, 0.25) is 0 Å². The highest BCUT2D eigenvalue weighted by molar-refractivity contribution is 5.34. The topological polar surface area (TPSA) is 9.23 Å². The minimum atomic E-state index is 0.852. The third kappa shape index (κ3) is 4.71. The molecule has 0 saturated carbocycles. The fourth-order valence-corrected chi connectivity index (χ4v) is 1.30. The van der Waals surface area contributed by atoms with Crippen molar-refractivity contribution in [2.75, 3.05) is 6.61 Å². The normalized spacial score (nSPS) is 16.3. The molecule has 1 heterocycles. The Hall–Kier alpha value is -1.20. The van der Waals surface area contributed by atoms with Gasteiger partial charge in [0.25, 0.3) is 0 Å². The van der Waals surface area contributed by atoms with Crippen LogP contribution in [0.1, 0.15) is 40.5 Å². The minimum Gasteiger partial charge on any atom is -0.493 e. The van der Waals surface area contributed by atoms with Crippen LogP contribution in [0.25, 0.3) is 0 Å². The molecule has 0 aromatic carbocycles. The largest absolute Gasteiger partial charge is 0.493 e. The molecule has 0 aromatic rings. The summed E-state index contributed by atoms with van der Waals surface area (Å²) in [5, 5.41) is 0. The van der Waals surface area contributed by atoms with E-state index in [1.807, 2.05) is 45.9 Å². The lowest BCUT2D eigenvalue weighted by atomic mass is 10.1. The van der Waals surface area contributed by atoms with E-state index in [0.717, 1.165) is 25.2 Å². The van der Waals surface area contributed by atoms with Gasteiger partial charge in [0.05, 0.1) is 6.61 Å². The lowest BCUT2D eigenvalue weighted by Crippen LogP contribution is -2.03. The first-order valence-electron chi connectivity index (χ1n) is 5.92. The number of rotatable bonds is 0. The highest BCUT2D eigenvalue weighted by Crippen LogP contribution is 2.21. The minimum absolute atomic E-state index is 0.852. The van der Waals surface area contributed by atoms with E-state index in [0.29, 0.717) is 0 Å². The standard InChI is InChI=1S/C10H10O.2C2H6/c1-2-5-9-6-4-8-11-10(9)7-3-1;2*1-2/h1-2,5,7H,4,6,8H2;2*1-2H3. The van der Waals surface area contributed by atoms with Crippen molar-refractivity contribution < 1.29 is 4.74 Å². The molecule has 2 aliphatic rings. The maximum Gasteiger partial charge on any atom is 0.130 e. The molecular formula is C14H22O. The molecule has 0 amide bonds. The first kappa shape index (κ1) is 13.8. The van der Waals surface area contributed by atoms with Crippen molar-refractivity contribution in [3.05, 3.63) is 41.4 Å². The van der Waals surface area contributed by atoms with Crippen molar-refractivity contribution in [2.45, 2.75) is 40.5 Å². The van der Waals surface area contributed by atoms with E-state index in [1.54, 1.807) is 0 Å². The molecule has 0 fully saturated rings. The molecule has 0 radical (unpaired) electrons. The Morgan fingerprint density at radius 2 is 1.93 bits per heavy atom. The number of ether oxygens (including phenoxy) is 1. The Kier molecular flexibility index (Phi) is 8.61. The van der Waals surface area contributed by atoms with Crippen molar-refractivity contribution in [3.8, 4) is 0 Å². The molecule has 84 valence electrons. The van der Waals surface area contributed by atoms with Gasteiger partial charge in [0.1, 0.15) is 5.76 Å². The van der Waals surface area contributed by atoms with E-state index >= 15 is 0 Å². The van der Waals surface area contributed by atoms with Crippen molar-refractivity contribution in [2.24, 2.45) is 0 Å². The van der Waals surface area contributed by atoms with Gasteiger partial charge in [0, 0.05) is 6.08 Å². The molecule has 0 saturated heterocycles. The summed E-state index contributed by atoms with van der Waals surface area (Å²) in [7, 11) is 0. The van der Waals surface area contributed by atoms with Gasteiger partial charge in [-0.15, -0.1) is 5.73 Å². The summed E-state index contributed by atoms with van der Waals surface area (Å²) in [6.45, 7) is 8.85. The highest BCUT2D eigenvalue weighted by Gasteiger charge is 2.09. The summed E-state index contributed by atoms with van der Waals surface area (Å²) in [5.41, 5.74) is 4.33. The van der Waals surface area contributed by atoms with E-state index in [2.05, 4.69) is 11.8 Å². The molecule has 1 nitrogen and oxygen atoms in total. The second-order valence-corrected chi connectivity index (χ2v) is 2.68. The summed E-state index contributed by atoms with van der Waals surface area (Å²) < 4.78 is 5.45. The van der Waals surface area contributed by atoms with Crippen LogP contribution in [-0.4, -0.2) is 6.61 Å². The van der Waals surface area contributed by atoms with Crippen LogP contribution in [-0.2, 0) is 4.74 Å². The van der Waals surface area contributed by atoms with Crippen LogP contribution in [0.5, 0.6) is 0 Å². The number of hydrogen-bond acceptors (Lipinski definition) is 1. The average molecular weight is 206 g/mol. The zero-order valence-corrected chi connectivity index (χ0v) is 10.3. The molecular weight excluding hydrogens is 184 g/mol. The third-order valence-corrected chi connectivity index (χ3v) is 1.87. The molecule has 1 aliphatic heterocycles. The molecule has 1 heteroatoms. The maximum atomic E-state index is 5.45. The molecule has 0 bridgehead atoms. The van der Waals surface area contributed by atoms with Crippen LogP contribution in [0.4, 0.5) is 0 Å². The molecule has 2 rings (SSSR count). The summed E-state index contributed by atoms with van der Waals surface area (Å²) in [5.74, 6) is 1.00. The van der Waals surface area contributed by atoms with Crippen molar-refractivity contribution >= 4 is 0 Å². The first-order valence-corrected chi connectivity index (χ1v) is 5.92. The molecule has 0 aromatic heterocycles. The summed E-state index contributed by atoms with van der Waals surface area (Å²) >= 11 is 0. The van der Waals surface area contributed by atoms with Crippen LogP contribution in [0.3, 0.4) is 0 Å². The van der Waals surface area contributed by atoms with Gasteiger partial charge in [-0.1, -0.05) is 39.8 Å². The molecule has 0 spiro atoms. The second kappa shape index (κ2) is 9.36. The van der Waals surface area contributed by atoms with Crippen molar-refractivity contribution in [1.82, 2.24) is 0 Å². The lowest BCUT2D eigenvalue weighted by Gasteiger charge is -2.15. The van der Waals surface area contributed by atoms with Gasteiger partial charge in [-0.2, -0.15) is 0 Å². The summed E-state index contributed by atoms with van der Waals surface area (Å²) in [6, 6.07) is 0. The van der Waals surface area contributed by atoms with Gasteiger partial charge in [-0.3, -0.25) is 0 Å². The predicted octanol–water partition coefficient (Wildman–Crippen LogP) is 4.38. The SMILES string of the molecule is C1=CC=CC2=C(C=1)OCCC2.CC.CC. The van der Waals surface area contributed by atoms with Gasteiger partial charge in [-0.25, -0.2) is 0 Å². The maximum absolute atomic E-state index is 5.45. The van der Waals surface area contributed by atoms with Crippen LogP contribution >= 0.6 is 0 Å². The van der Waals surface area contributed by atoms with E-state index in [9.17, 15) is 0 Å². The van der Waals surface area contributed by atoms with Gasteiger partial charge >= 0.3 is 0 Å². The first-order chi connectivity index (χ1) is 7.47. The highest BCUT2D eigenvalue weighted by atomic mass is 16.5. The van der Waals surface area contributed by atoms with Crippen molar-refractivity contribution in [3.63, 3.8) is 0 Å². The molecule has 1 aliphatic carbocycles. The third-order valence-electron chi connectivity index (χ3n) is 1.87.